The lowest BCUT2D eigenvalue weighted by atomic mass is 10.0. The first-order valence-corrected chi connectivity index (χ1v) is 13.4. The average molecular weight is 487 g/mol. The van der Waals surface area contributed by atoms with Crippen molar-refractivity contribution >= 4 is 55.4 Å². The summed E-state index contributed by atoms with van der Waals surface area (Å²) in [5.41, 5.74) is 8.15. The van der Waals surface area contributed by atoms with E-state index in [0.29, 0.717) is 13.1 Å². The monoisotopic (exact) mass is 486 g/mol. The molecule has 0 spiro atoms. The number of hydrogen-bond acceptors (Lipinski definition) is 6. The van der Waals surface area contributed by atoms with Crippen LogP contribution in [0, 0.1) is 0 Å². The highest BCUT2D eigenvalue weighted by Crippen LogP contribution is 2.31. The summed E-state index contributed by atoms with van der Waals surface area (Å²) in [7, 11) is 0. The molecule has 8 heteroatoms. The third kappa shape index (κ3) is 4.81. The lowest BCUT2D eigenvalue weighted by Crippen LogP contribution is -2.42. The zero-order valence-electron chi connectivity index (χ0n) is 19.8. The number of aromatic nitrogens is 3. The Hall–Kier alpha value is -3.23. The fraction of sp³-hybridized carbons (Fsp3) is 0.370. The van der Waals surface area contributed by atoms with Crippen LogP contribution in [0.25, 0.3) is 26.8 Å². The molecule has 1 aromatic carbocycles. The summed E-state index contributed by atoms with van der Waals surface area (Å²) < 4.78 is 1.16. The van der Waals surface area contributed by atoms with E-state index in [1.165, 1.54) is 31.3 Å². The number of anilines is 2. The van der Waals surface area contributed by atoms with Crippen LogP contribution in [0.3, 0.4) is 0 Å². The molecule has 6 rings (SSSR count). The number of amides is 1. The van der Waals surface area contributed by atoms with E-state index in [0.717, 1.165) is 64.4 Å². The summed E-state index contributed by atoms with van der Waals surface area (Å²) in [5, 5.41) is 4.61. The Balaban J connectivity index is 1.16. The van der Waals surface area contributed by atoms with Crippen molar-refractivity contribution < 1.29 is 4.79 Å². The van der Waals surface area contributed by atoms with Crippen molar-refractivity contribution in [1.82, 2.24) is 24.8 Å². The predicted molar refractivity (Wildman–Crippen MR) is 143 cm³/mol. The van der Waals surface area contributed by atoms with Gasteiger partial charge in [0.1, 0.15) is 5.65 Å². The first kappa shape index (κ1) is 22.2. The highest BCUT2D eigenvalue weighted by atomic mass is 32.1. The molecule has 0 unspecified atom stereocenters. The predicted octanol–water partition coefficient (Wildman–Crippen LogP) is 5.41. The summed E-state index contributed by atoms with van der Waals surface area (Å²) >= 11 is 1.64. The largest absolute Gasteiger partial charge is 0.355 e. The maximum atomic E-state index is 12.9. The molecule has 180 valence electrons. The molecule has 7 nitrogen and oxygen atoms in total. The lowest BCUT2D eigenvalue weighted by Gasteiger charge is -2.29. The minimum atomic E-state index is 0.255. The summed E-state index contributed by atoms with van der Waals surface area (Å²) in [6.07, 6.45) is 9.87. The van der Waals surface area contributed by atoms with Crippen LogP contribution in [0.1, 0.15) is 37.8 Å². The van der Waals surface area contributed by atoms with Gasteiger partial charge in [0, 0.05) is 36.1 Å². The minimum Gasteiger partial charge on any atom is -0.355 e. The number of H-pyrrole nitrogens is 1. The molecule has 0 aliphatic carbocycles. The van der Waals surface area contributed by atoms with Crippen molar-refractivity contribution in [2.75, 3.05) is 38.0 Å². The molecule has 0 saturated carbocycles. The third-order valence-corrected chi connectivity index (χ3v) is 7.90. The number of nitrogens with one attached hydrogen (secondary N) is 2. The van der Waals surface area contributed by atoms with Crippen molar-refractivity contribution in [3.8, 4) is 0 Å². The maximum Gasteiger partial charge on any atom is 0.237 e. The summed E-state index contributed by atoms with van der Waals surface area (Å²) in [6, 6.07) is 10.4. The van der Waals surface area contributed by atoms with Crippen LogP contribution in [0.2, 0.25) is 0 Å². The van der Waals surface area contributed by atoms with E-state index >= 15 is 0 Å². The molecule has 0 radical (unpaired) electrons. The number of nitrogens with zero attached hydrogens (tertiary/aromatic N) is 4. The number of hydrogen-bond donors (Lipinski definition) is 2. The summed E-state index contributed by atoms with van der Waals surface area (Å²) in [5.74, 6) is 0.255. The quantitative estimate of drug-likeness (QED) is 0.395. The van der Waals surface area contributed by atoms with Gasteiger partial charge < -0.3 is 15.2 Å². The molecular weight excluding hydrogens is 456 g/mol. The van der Waals surface area contributed by atoms with Gasteiger partial charge in [-0.15, -0.1) is 11.3 Å². The number of thiazole rings is 1. The highest BCUT2D eigenvalue weighted by Gasteiger charge is 2.22. The fourth-order valence-electron chi connectivity index (χ4n) is 5.12. The Morgan fingerprint density at radius 2 is 1.94 bits per heavy atom. The fourth-order valence-corrected chi connectivity index (χ4v) is 5.84. The molecule has 2 N–H and O–H groups in total. The van der Waals surface area contributed by atoms with Gasteiger partial charge >= 0.3 is 0 Å². The van der Waals surface area contributed by atoms with Crippen molar-refractivity contribution in [2.24, 2.45) is 0 Å². The van der Waals surface area contributed by atoms with Gasteiger partial charge in [-0.2, -0.15) is 0 Å². The van der Waals surface area contributed by atoms with E-state index in [1.807, 2.05) is 28.7 Å². The second-order valence-electron chi connectivity index (χ2n) is 9.47. The van der Waals surface area contributed by atoms with Gasteiger partial charge in [-0.1, -0.05) is 18.9 Å². The number of aromatic amines is 1. The number of pyridine rings is 1. The zero-order valence-corrected chi connectivity index (χ0v) is 20.6. The van der Waals surface area contributed by atoms with Crippen molar-refractivity contribution in [3.05, 3.63) is 53.8 Å². The Morgan fingerprint density at radius 1 is 1.06 bits per heavy atom. The van der Waals surface area contributed by atoms with Gasteiger partial charge in [0.2, 0.25) is 5.91 Å². The van der Waals surface area contributed by atoms with E-state index in [-0.39, 0.29) is 5.91 Å². The van der Waals surface area contributed by atoms with Crippen LogP contribution < -0.4 is 5.32 Å². The molecule has 35 heavy (non-hydrogen) atoms. The molecule has 1 fully saturated rings. The normalized spacial score (nSPS) is 17.5. The van der Waals surface area contributed by atoms with Gasteiger partial charge in [-0.3, -0.25) is 9.69 Å². The van der Waals surface area contributed by atoms with E-state index in [1.54, 1.807) is 11.3 Å². The maximum absolute atomic E-state index is 12.9. The molecule has 2 aliphatic rings. The van der Waals surface area contributed by atoms with E-state index in [9.17, 15) is 4.79 Å². The number of fused-ring (bicyclic) bond motifs is 2. The van der Waals surface area contributed by atoms with Crippen molar-refractivity contribution in [2.45, 2.75) is 32.1 Å². The third-order valence-electron chi connectivity index (χ3n) is 7.11. The van der Waals surface area contributed by atoms with Gasteiger partial charge in [-0.05, 0) is 68.3 Å². The van der Waals surface area contributed by atoms with Gasteiger partial charge in [0.05, 0.1) is 28.0 Å². The first-order valence-electron chi connectivity index (χ1n) is 12.5. The van der Waals surface area contributed by atoms with Crippen LogP contribution in [-0.4, -0.2) is 63.4 Å². The van der Waals surface area contributed by atoms with Gasteiger partial charge in [-0.25, -0.2) is 9.97 Å². The second-order valence-corrected chi connectivity index (χ2v) is 10.4. The van der Waals surface area contributed by atoms with E-state index in [4.69, 9.17) is 0 Å². The number of rotatable bonds is 5. The Morgan fingerprint density at radius 3 is 2.77 bits per heavy atom. The molecule has 0 atom stereocenters. The number of likely N-dealkylation sites (tertiary alicyclic amines) is 1. The zero-order chi connectivity index (χ0) is 23.6. The van der Waals surface area contributed by atoms with E-state index < -0.39 is 0 Å². The highest BCUT2D eigenvalue weighted by molar-refractivity contribution is 7.16. The first-order chi connectivity index (χ1) is 17.2. The molecule has 3 aromatic heterocycles. The topological polar surface area (TPSA) is 77.2 Å². The molecule has 4 aromatic rings. The molecule has 5 heterocycles. The average Bonchev–Trinajstić information content (AvgIpc) is 3.46. The van der Waals surface area contributed by atoms with Crippen LogP contribution >= 0.6 is 11.3 Å². The Bertz CT molecular complexity index is 1380. The molecule has 0 bridgehead atoms. The lowest BCUT2D eigenvalue weighted by molar-refractivity contribution is -0.132. The van der Waals surface area contributed by atoms with Crippen LogP contribution in [-0.2, 0) is 4.79 Å². The summed E-state index contributed by atoms with van der Waals surface area (Å²) in [4.78, 5) is 29.6. The van der Waals surface area contributed by atoms with E-state index in [2.05, 4.69) is 49.4 Å². The molecular formula is C27H30N6OS. The van der Waals surface area contributed by atoms with Crippen molar-refractivity contribution in [3.63, 3.8) is 0 Å². The molecule has 2 aliphatic heterocycles. The number of carbonyl (C=O) groups excluding carboxylic acids is 1. The summed E-state index contributed by atoms with van der Waals surface area (Å²) in [6.45, 7) is 4.10. The molecule has 1 saturated heterocycles. The van der Waals surface area contributed by atoms with Crippen LogP contribution in [0.15, 0.2) is 48.1 Å². The second kappa shape index (κ2) is 9.79. The number of carbonyl (C=O) groups is 1. The van der Waals surface area contributed by atoms with Crippen LogP contribution in [0.5, 0.6) is 0 Å². The smallest absolute Gasteiger partial charge is 0.237 e. The van der Waals surface area contributed by atoms with Crippen LogP contribution in [0.4, 0.5) is 11.4 Å². The molecule has 1 amide bonds. The Kier molecular flexibility index (Phi) is 6.22. The standard InChI is InChI=1S/C27H30N6OS/c34-26(17-32-11-3-1-2-4-12-32)33-13-8-19(9-14-33)24-16-21-22(7-10-28-27(21)31-24)30-20-5-6-23-25(15-20)35-18-29-23/h5-8,10,15-16,18H,1-4,9,11-14,17H2,(H2,28,30,31). The Labute approximate surface area is 208 Å². The number of benzene rings is 1. The van der Waals surface area contributed by atoms with Gasteiger partial charge in [0.15, 0.2) is 0 Å². The van der Waals surface area contributed by atoms with Gasteiger partial charge in [0.25, 0.3) is 0 Å². The SMILES string of the molecule is O=C(CN1CCCCCC1)N1CC=C(c2cc3c(Nc4ccc5ncsc5c4)ccnc3[nH]2)CC1. The van der Waals surface area contributed by atoms with Crippen molar-refractivity contribution in [1.29, 1.82) is 0 Å². The minimum absolute atomic E-state index is 0.255.